The lowest BCUT2D eigenvalue weighted by Gasteiger charge is -2.27. The smallest absolute Gasteiger partial charge is 0.255 e. The topological polar surface area (TPSA) is 135 Å². The average molecular weight is 418 g/mol. The first-order valence-corrected chi connectivity index (χ1v) is 10.2. The molecule has 0 spiro atoms. The Morgan fingerprint density at radius 3 is 2.39 bits per heavy atom. The van der Waals surface area contributed by atoms with E-state index in [9.17, 15) is 4.79 Å². The fraction of sp³-hybridized carbons (Fsp3) is 0.261. The predicted molar refractivity (Wildman–Crippen MR) is 123 cm³/mol. The van der Waals surface area contributed by atoms with Crippen molar-refractivity contribution in [1.29, 1.82) is 10.8 Å². The van der Waals surface area contributed by atoms with E-state index < -0.39 is 0 Å². The van der Waals surface area contributed by atoms with Crippen LogP contribution in [0.15, 0.2) is 42.5 Å². The lowest BCUT2D eigenvalue weighted by atomic mass is 9.95. The fourth-order valence-electron chi connectivity index (χ4n) is 4.14. The van der Waals surface area contributed by atoms with E-state index in [1.165, 1.54) is 5.57 Å². The largest absolute Gasteiger partial charge is 0.370 e. The summed E-state index contributed by atoms with van der Waals surface area (Å²) >= 11 is 0. The van der Waals surface area contributed by atoms with Gasteiger partial charge in [0.15, 0.2) is 11.9 Å². The SMILES string of the molecule is Cc1cc(NC(=O)c2ccc3c(c2)CN(C(=N)N)C3)ccc1C1=CCN(C(=N)N)CC1. The minimum atomic E-state index is -0.162. The van der Waals surface area contributed by atoms with Crippen LogP contribution in [0.1, 0.15) is 39.0 Å². The molecule has 0 bridgehead atoms. The van der Waals surface area contributed by atoms with Crippen LogP contribution in [0.2, 0.25) is 0 Å². The van der Waals surface area contributed by atoms with Gasteiger partial charge in [0.25, 0.3) is 5.91 Å². The number of hydrogen-bond donors (Lipinski definition) is 5. The maximum atomic E-state index is 12.8. The van der Waals surface area contributed by atoms with Gasteiger partial charge in [0.1, 0.15) is 0 Å². The molecule has 8 nitrogen and oxygen atoms in total. The average Bonchev–Trinajstić information content (AvgIpc) is 3.18. The summed E-state index contributed by atoms with van der Waals surface area (Å²) < 4.78 is 0. The van der Waals surface area contributed by atoms with Crippen molar-refractivity contribution in [2.45, 2.75) is 26.4 Å². The maximum absolute atomic E-state index is 12.8. The Kier molecular flexibility index (Phi) is 5.37. The summed E-state index contributed by atoms with van der Waals surface area (Å²) in [6.07, 6.45) is 2.94. The number of guanidine groups is 2. The molecule has 4 rings (SSSR count). The molecule has 2 aliphatic heterocycles. The zero-order chi connectivity index (χ0) is 22.1. The highest BCUT2D eigenvalue weighted by Gasteiger charge is 2.21. The number of hydrogen-bond acceptors (Lipinski definition) is 3. The zero-order valence-corrected chi connectivity index (χ0v) is 17.5. The Morgan fingerprint density at radius 1 is 1.00 bits per heavy atom. The molecule has 0 saturated heterocycles. The first-order valence-electron chi connectivity index (χ1n) is 10.2. The predicted octanol–water partition coefficient (Wildman–Crippen LogP) is 2.44. The summed E-state index contributed by atoms with van der Waals surface area (Å²) in [5.74, 6) is -0.0179. The van der Waals surface area contributed by atoms with Gasteiger partial charge >= 0.3 is 0 Å². The maximum Gasteiger partial charge on any atom is 0.255 e. The van der Waals surface area contributed by atoms with Crippen molar-refractivity contribution in [3.8, 4) is 0 Å². The van der Waals surface area contributed by atoms with Gasteiger partial charge in [0, 0.05) is 37.4 Å². The molecule has 1 amide bonds. The quantitative estimate of drug-likeness (QED) is 0.386. The summed E-state index contributed by atoms with van der Waals surface area (Å²) in [4.78, 5) is 16.4. The molecule has 0 aromatic heterocycles. The van der Waals surface area contributed by atoms with E-state index >= 15 is 0 Å². The Hall–Kier alpha value is -3.81. The monoisotopic (exact) mass is 417 g/mol. The number of nitrogens with zero attached hydrogens (tertiary/aromatic N) is 2. The van der Waals surface area contributed by atoms with Crippen molar-refractivity contribution < 1.29 is 4.79 Å². The van der Waals surface area contributed by atoms with E-state index in [-0.39, 0.29) is 17.8 Å². The van der Waals surface area contributed by atoms with Crippen LogP contribution in [-0.2, 0) is 13.1 Å². The molecule has 0 saturated carbocycles. The third-order valence-electron chi connectivity index (χ3n) is 5.91. The summed E-state index contributed by atoms with van der Waals surface area (Å²) in [5, 5.41) is 18.1. The summed E-state index contributed by atoms with van der Waals surface area (Å²) in [6.45, 7) is 4.57. The molecule has 0 atom stereocenters. The van der Waals surface area contributed by atoms with Gasteiger partial charge in [-0.1, -0.05) is 18.2 Å². The molecule has 0 radical (unpaired) electrons. The van der Waals surface area contributed by atoms with Crippen molar-refractivity contribution >= 4 is 29.1 Å². The van der Waals surface area contributed by atoms with Gasteiger partial charge in [-0.25, -0.2) is 0 Å². The van der Waals surface area contributed by atoms with Gasteiger partial charge in [0.05, 0.1) is 0 Å². The number of rotatable bonds is 3. The first-order chi connectivity index (χ1) is 14.8. The van der Waals surface area contributed by atoms with E-state index in [1.54, 1.807) is 4.90 Å². The number of carbonyl (C=O) groups excluding carboxylic acids is 1. The Balaban J connectivity index is 1.46. The standard InChI is InChI=1S/C23H27N7O/c1-14-10-19(4-5-20(14)15-6-8-29(9-7-15)22(24)25)28-21(31)16-2-3-17-12-30(23(26)27)13-18(17)11-16/h2-6,10-11H,7-9,12-13H2,1H3,(H3,24,25)(H3,26,27)(H,28,31). The highest BCUT2D eigenvalue weighted by Crippen LogP contribution is 2.28. The number of benzene rings is 2. The summed E-state index contributed by atoms with van der Waals surface area (Å²) in [7, 11) is 0. The van der Waals surface area contributed by atoms with E-state index in [1.807, 2.05) is 48.2 Å². The van der Waals surface area contributed by atoms with Gasteiger partial charge < -0.3 is 26.6 Å². The van der Waals surface area contributed by atoms with Gasteiger partial charge in [-0.3, -0.25) is 15.6 Å². The number of nitrogens with one attached hydrogen (secondary N) is 3. The molecular weight excluding hydrogens is 390 g/mol. The minimum Gasteiger partial charge on any atom is -0.370 e. The van der Waals surface area contributed by atoms with Crippen LogP contribution in [0, 0.1) is 17.7 Å². The van der Waals surface area contributed by atoms with Crippen LogP contribution in [0.25, 0.3) is 5.57 Å². The van der Waals surface area contributed by atoms with Gasteiger partial charge in [-0.15, -0.1) is 0 Å². The second-order valence-electron chi connectivity index (χ2n) is 8.02. The van der Waals surface area contributed by atoms with Crippen LogP contribution in [0.3, 0.4) is 0 Å². The molecule has 7 N–H and O–H groups in total. The van der Waals surface area contributed by atoms with Crippen LogP contribution in [-0.4, -0.2) is 40.7 Å². The molecular formula is C23H27N7O. The number of anilines is 1. The molecule has 2 aromatic carbocycles. The van der Waals surface area contributed by atoms with Crippen molar-refractivity contribution in [3.05, 3.63) is 70.3 Å². The second kappa shape index (κ2) is 8.14. The molecule has 2 aliphatic rings. The highest BCUT2D eigenvalue weighted by molar-refractivity contribution is 6.04. The van der Waals surface area contributed by atoms with Crippen LogP contribution >= 0.6 is 0 Å². The molecule has 2 heterocycles. The van der Waals surface area contributed by atoms with Crippen LogP contribution in [0.4, 0.5) is 5.69 Å². The van der Waals surface area contributed by atoms with Gasteiger partial charge in [0.2, 0.25) is 0 Å². The molecule has 2 aromatic rings. The van der Waals surface area contributed by atoms with Gasteiger partial charge in [-0.2, -0.15) is 0 Å². The molecule has 160 valence electrons. The van der Waals surface area contributed by atoms with Gasteiger partial charge in [-0.05, 0) is 65.4 Å². The molecule has 0 fully saturated rings. The van der Waals surface area contributed by atoms with E-state index in [4.69, 9.17) is 22.3 Å². The highest BCUT2D eigenvalue weighted by atomic mass is 16.1. The van der Waals surface area contributed by atoms with E-state index in [0.717, 1.165) is 40.9 Å². The molecule has 8 heteroatoms. The lowest BCUT2D eigenvalue weighted by molar-refractivity contribution is 0.102. The Morgan fingerprint density at radius 2 is 1.74 bits per heavy atom. The minimum absolute atomic E-state index is 0.0415. The summed E-state index contributed by atoms with van der Waals surface area (Å²) in [5.41, 5.74) is 18.1. The molecule has 31 heavy (non-hydrogen) atoms. The lowest BCUT2D eigenvalue weighted by Crippen LogP contribution is -2.39. The first kappa shape index (κ1) is 20.5. The Labute approximate surface area is 181 Å². The second-order valence-corrected chi connectivity index (χ2v) is 8.02. The number of aryl methyl sites for hydroxylation is 1. The molecule has 0 aliphatic carbocycles. The summed E-state index contributed by atoms with van der Waals surface area (Å²) in [6, 6.07) is 11.6. The number of fused-ring (bicyclic) bond motifs is 1. The number of amides is 1. The van der Waals surface area contributed by atoms with Crippen LogP contribution < -0.4 is 16.8 Å². The van der Waals surface area contributed by atoms with E-state index in [0.29, 0.717) is 25.2 Å². The van der Waals surface area contributed by atoms with Crippen molar-refractivity contribution in [3.63, 3.8) is 0 Å². The third-order valence-corrected chi connectivity index (χ3v) is 5.91. The number of carbonyl (C=O) groups is 1. The normalized spacial score (nSPS) is 15.3. The fourth-order valence-corrected chi connectivity index (χ4v) is 4.14. The van der Waals surface area contributed by atoms with Crippen molar-refractivity contribution in [2.24, 2.45) is 11.5 Å². The molecule has 0 unspecified atom stereocenters. The van der Waals surface area contributed by atoms with E-state index in [2.05, 4.69) is 11.4 Å². The van der Waals surface area contributed by atoms with Crippen molar-refractivity contribution in [1.82, 2.24) is 9.80 Å². The zero-order valence-electron chi connectivity index (χ0n) is 17.5. The van der Waals surface area contributed by atoms with Crippen LogP contribution in [0.5, 0.6) is 0 Å². The Bertz CT molecular complexity index is 1110. The number of nitrogens with two attached hydrogens (primary N) is 2. The third kappa shape index (κ3) is 4.23. The van der Waals surface area contributed by atoms with Crippen molar-refractivity contribution in [2.75, 3.05) is 18.4 Å².